The maximum atomic E-state index is 11.7. The van der Waals surface area contributed by atoms with Crippen molar-refractivity contribution in [1.82, 2.24) is 0 Å². The summed E-state index contributed by atoms with van der Waals surface area (Å²) in [5.41, 5.74) is 0. The monoisotopic (exact) mass is 350 g/mol. The molecule has 0 rings (SSSR count). The average molecular weight is 351 g/mol. The first-order chi connectivity index (χ1) is 11.2. The fraction of sp³-hybridized carbons (Fsp3) is 0.750. The molecule has 0 radical (unpaired) electrons. The van der Waals surface area contributed by atoms with Crippen LogP contribution in [0.2, 0.25) is 18.1 Å². The Balaban J connectivity index is 3.79. The first-order valence-corrected chi connectivity index (χ1v) is 11.9. The molecule has 0 N–H and O–H groups in total. The van der Waals surface area contributed by atoms with Gasteiger partial charge in [-0.2, -0.15) is 0 Å². The number of hydrogen-bond donors (Lipinski definition) is 0. The molecule has 3 nitrogen and oxygen atoms in total. The minimum Gasteiger partial charge on any atom is -0.310 e. The second-order valence-corrected chi connectivity index (χ2v) is 12.2. The van der Waals surface area contributed by atoms with Crippen LogP contribution in [0, 0.1) is 23.7 Å². The minimum atomic E-state index is -2.04. The Hall–Kier alpha value is -1.23. The van der Waals surface area contributed by atoms with Crippen LogP contribution in [0.3, 0.4) is 0 Å². The number of unbranched alkanes of at least 4 members (excludes halogenated alkanes) is 4. The lowest BCUT2D eigenvalue weighted by molar-refractivity contribution is -0.221. The second kappa shape index (κ2) is 12.2. The van der Waals surface area contributed by atoms with Crippen LogP contribution in [0.5, 0.6) is 0 Å². The summed E-state index contributed by atoms with van der Waals surface area (Å²) in [4.78, 5) is 16.7. The molecule has 0 aliphatic rings. The topological polar surface area (TPSA) is 35.5 Å². The summed E-state index contributed by atoms with van der Waals surface area (Å²) in [6.45, 7) is 12.6. The van der Waals surface area contributed by atoms with Crippen LogP contribution in [0.1, 0.15) is 79.1 Å². The predicted octanol–water partition coefficient (Wildman–Crippen LogP) is 5.61. The fourth-order valence-electron chi connectivity index (χ4n) is 1.45. The summed E-state index contributed by atoms with van der Waals surface area (Å²) in [6, 6.07) is 0. The average Bonchev–Trinajstić information content (AvgIpc) is 2.49. The standard InChI is InChI=1S/C20H34O3Si/c1-7-8-9-10-11-12-13-14-15-16-17-18-19(21)22-23-24(5,6)20(2,3)4/h7-10,13,16-18H2,1-6H3. The van der Waals surface area contributed by atoms with Crippen molar-refractivity contribution < 1.29 is 14.3 Å². The van der Waals surface area contributed by atoms with Crippen molar-refractivity contribution in [3.05, 3.63) is 0 Å². The number of hydrogen-bond acceptors (Lipinski definition) is 3. The molecule has 0 amide bonds. The van der Waals surface area contributed by atoms with Gasteiger partial charge in [0.05, 0.1) is 6.42 Å². The van der Waals surface area contributed by atoms with Gasteiger partial charge in [-0.3, -0.25) is 0 Å². The van der Waals surface area contributed by atoms with Gasteiger partial charge in [0.1, 0.15) is 0 Å². The molecule has 4 heteroatoms. The van der Waals surface area contributed by atoms with E-state index in [-0.39, 0.29) is 11.0 Å². The van der Waals surface area contributed by atoms with Crippen LogP contribution < -0.4 is 0 Å². The smallest absolute Gasteiger partial charge is 0.310 e. The molecule has 0 bridgehead atoms. The quantitative estimate of drug-likeness (QED) is 0.187. The van der Waals surface area contributed by atoms with Crippen molar-refractivity contribution in [1.29, 1.82) is 0 Å². The molecule has 0 saturated carbocycles. The Morgan fingerprint density at radius 2 is 1.54 bits per heavy atom. The summed E-state index contributed by atoms with van der Waals surface area (Å²) in [6.07, 6.45) is 6.95. The molecule has 0 saturated heterocycles. The van der Waals surface area contributed by atoms with Crippen LogP contribution in [0.25, 0.3) is 0 Å². The van der Waals surface area contributed by atoms with Crippen LogP contribution in [0.4, 0.5) is 0 Å². The molecular weight excluding hydrogens is 316 g/mol. The van der Waals surface area contributed by atoms with E-state index in [0.29, 0.717) is 25.7 Å². The molecule has 0 heterocycles. The Labute approximate surface area is 149 Å². The summed E-state index contributed by atoms with van der Waals surface area (Å²) in [5.74, 6) is 12.0. The Kier molecular flexibility index (Phi) is 11.5. The third-order valence-corrected chi connectivity index (χ3v) is 8.28. The Morgan fingerprint density at radius 3 is 2.08 bits per heavy atom. The maximum Gasteiger partial charge on any atom is 0.340 e. The lowest BCUT2D eigenvalue weighted by Crippen LogP contribution is -2.41. The first-order valence-electron chi connectivity index (χ1n) is 9.00. The van der Waals surface area contributed by atoms with E-state index in [9.17, 15) is 4.79 Å². The van der Waals surface area contributed by atoms with E-state index in [1.165, 1.54) is 19.3 Å². The van der Waals surface area contributed by atoms with Crippen molar-refractivity contribution in [3.8, 4) is 23.7 Å². The van der Waals surface area contributed by atoms with E-state index < -0.39 is 8.32 Å². The van der Waals surface area contributed by atoms with Gasteiger partial charge in [0, 0.05) is 19.3 Å². The molecule has 0 fully saturated rings. The van der Waals surface area contributed by atoms with Crippen LogP contribution in [-0.4, -0.2) is 14.3 Å². The normalized spacial score (nSPS) is 11.1. The van der Waals surface area contributed by atoms with Gasteiger partial charge in [0.25, 0.3) is 8.32 Å². The van der Waals surface area contributed by atoms with Gasteiger partial charge in [0.2, 0.25) is 0 Å². The Morgan fingerprint density at radius 1 is 0.958 bits per heavy atom. The number of rotatable bonds is 8. The summed E-state index contributed by atoms with van der Waals surface area (Å²) < 4.78 is 5.44. The van der Waals surface area contributed by atoms with E-state index in [4.69, 9.17) is 9.46 Å². The zero-order valence-electron chi connectivity index (χ0n) is 16.4. The van der Waals surface area contributed by atoms with Gasteiger partial charge in [0.15, 0.2) is 0 Å². The number of carbonyl (C=O) groups is 1. The summed E-state index contributed by atoms with van der Waals surface area (Å²) in [5, 5.41) is 0.0241. The molecule has 24 heavy (non-hydrogen) atoms. The van der Waals surface area contributed by atoms with Crippen LogP contribution in [0.15, 0.2) is 0 Å². The molecule has 0 aromatic rings. The molecule has 0 aromatic heterocycles. The second-order valence-electron chi connectivity index (χ2n) is 7.49. The van der Waals surface area contributed by atoms with Gasteiger partial charge in [-0.25, -0.2) is 9.37 Å². The third-order valence-electron chi connectivity index (χ3n) is 4.16. The SMILES string of the molecule is CCCCCC#CCC#CCCCC(=O)OO[Si](C)(C)C(C)(C)C. The summed E-state index contributed by atoms with van der Waals surface area (Å²) in [7, 11) is -2.04. The lowest BCUT2D eigenvalue weighted by atomic mass is 10.2. The highest BCUT2D eigenvalue weighted by atomic mass is 28.4. The van der Waals surface area contributed by atoms with Crippen molar-refractivity contribution in [2.45, 2.75) is 97.2 Å². The van der Waals surface area contributed by atoms with Crippen molar-refractivity contribution in [2.24, 2.45) is 0 Å². The molecule has 0 aromatic carbocycles. The first kappa shape index (κ1) is 22.8. The predicted molar refractivity (Wildman–Crippen MR) is 103 cm³/mol. The molecule has 0 aliphatic heterocycles. The van der Waals surface area contributed by atoms with Crippen molar-refractivity contribution in [3.63, 3.8) is 0 Å². The van der Waals surface area contributed by atoms with Crippen LogP contribution in [-0.2, 0) is 14.3 Å². The highest BCUT2D eigenvalue weighted by Crippen LogP contribution is 2.36. The van der Waals surface area contributed by atoms with Gasteiger partial charge in [-0.05, 0) is 31.0 Å². The molecule has 0 spiro atoms. The van der Waals surface area contributed by atoms with E-state index in [0.717, 1.165) is 6.42 Å². The van der Waals surface area contributed by atoms with E-state index >= 15 is 0 Å². The van der Waals surface area contributed by atoms with E-state index in [1.54, 1.807) is 0 Å². The number of carbonyl (C=O) groups excluding carboxylic acids is 1. The maximum absolute atomic E-state index is 11.7. The van der Waals surface area contributed by atoms with Gasteiger partial charge in [-0.1, -0.05) is 52.4 Å². The highest BCUT2D eigenvalue weighted by Gasteiger charge is 2.40. The van der Waals surface area contributed by atoms with Gasteiger partial charge in [-0.15, -0.1) is 11.8 Å². The van der Waals surface area contributed by atoms with Crippen LogP contribution >= 0.6 is 0 Å². The molecule has 0 aliphatic carbocycles. The zero-order chi connectivity index (χ0) is 18.5. The molecular formula is C20H34O3Si. The lowest BCUT2D eigenvalue weighted by Gasteiger charge is -2.33. The zero-order valence-corrected chi connectivity index (χ0v) is 17.4. The fourth-order valence-corrected chi connectivity index (χ4v) is 2.00. The van der Waals surface area contributed by atoms with E-state index in [1.807, 2.05) is 0 Å². The largest absolute Gasteiger partial charge is 0.340 e. The molecule has 136 valence electrons. The van der Waals surface area contributed by atoms with Crippen molar-refractivity contribution >= 4 is 14.3 Å². The van der Waals surface area contributed by atoms with Gasteiger partial charge < -0.3 is 4.89 Å². The van der Waals surface area contributed by atoms with Gasteiger partial charge >= 0.3 is 5.97 Å². The Bertz CT molecular complexity index is 481. The summed E-state index contributed by atoms with van der Waals surface area (Å²) >= 11 is 0. The van der Waals surface area contributed by atoms with Crippen molar-refractivity contribution in [2.75, 3.05) is 0 Å². The highest BCUT2D eigenvalue weighted by molar-refractivity contribution is 6.73. The molecule has 0 atom stereocenters. The van der Waals surface area contributed by atoms with E-state index in [2.05, 4.69) is 64.5 Å². The third kappa shape index (κ3) is 11.3. The minimum absolute atomic E-state index is 0.0241. The molecule has 0 unspecified atom stereocenters.